The molecule has 0 saturated carbocycles. The van der Waals surface area contributed by atoms with Gasteiger partial charge in [0, 0.05) is 26.0 Å². The summed E-state index contributed by atoms with van der Waals surface area (Å²) in [4.78, 5) is 29.0. The van der Waals surface area contributed by atoms with E-state index in [4.69, 9.17) is 21.1 Å². The minimum absolute atomic E-state index is 0.282. The van der Waals surface area contributed by atoms with Gasteiger partial charge in [-0.2, -0.15) is 5.10 Å². The number of H-pyrrole nitrogens is 1. The van der Waals surface area contributed by atoms with Gasteiger partial charge < -0.3 is 14.5 Å². The molecule has 1 heterocycles. The van der Waals surface area contributed by atoms with Crippen molar-refractivity contribution in [2.45, 2.75) is 6.92 Å². The van der Waals surface area contributed by atoms with Gasteiger partial charge in [0.25, 0.3) is 5.91 Å². The van der Waals surface area contributed by atoms with E-state index in [1.165, 1.54) is 6.21 Å². The smallest absolute Gasteiger partial charge is 0.343 e. The topological polar surface area (TPSA) is 92.8 Å². The molecule has 0 saturated heterocycles. The molecule has 1 aromatic heterocycles. The highest BCUT2D eigenvalue weighted by Crippen LogP contribution is 2.38. The number of carbonyl (C=O) groups excluding carboxylic acids is 2. The van der Waals surface area contributed by atoms with Crippen LogP contribution in [0.4, 0.5) is 0 Å². The molecular formula is C31H23BrClN3O4. The van der Waals surface area contributed by atoms with Crippen molar-refractivity contribution in [3.8, 4) is 22.6 Å². The molecule has 0 radical (unpaired) electrons. The Bertz CT molecular complexity index is 1730. The lowest BCUT2D eigenvalue weighted by atomic mass is 10.0. The lowest BCUT2D eigenvalue weighted by Crippen LogP contribution is -2.19. The number of amides is 1. The number of esters is 1. The molecule has 200 valence electrons. The number of nitrogens with zero attached hydrogens (tertiary/aromatic N) is 1. The number of hydrogen-bond acceptors (Lipinski definition) is 5. The summed E-state index contributed by atoms with van der Waals surface area (Å²) < 4.78 is 12.0. The monoisotopic (exact) mass is 615 g/mol. The summed E-state index contributed by atoms with van der Waals surface area (Å²) in [5.41, 5.74) is 6.16. The first-order valence-electron chi connectivity index (χ1n) is 12.4. The van der Waals surface area contributed by atoms with Crippen LogP contribution >= 0.6 is 27.5 Å². The Balaban J connectivity index is 1.39. The number of aromatic nitrogens is 1. The Labute approximate surface area is 243 Å². The zero-order valence-corrected chi connectivity index (χ0v) is 23.6. The fourth-order valence-electron chi connectivity index (χ4n) is 4.21. The molecule has 0 atom stereocenters. The molecule has 0 aliphatic carbocycles. The van der Waals surface area contributed by atoms with E-state index in [9.17, 15) is 9.59 Å². The number of nitrogens with one attached hydrogen (secondary N) is 2. The summed E-state index contributed by atoms with van der Waals surface area (Å²) in [5.74, 6) is -0.268. The molecule has 1 amide bonds. The van der Waals surface area contributed by atoms with Crippen molar-refractivity contribution in [2.24, 2.45) is 5.10 Å². The standard InChI is InChI=1S/C31H23BrClN3O4/c1-2-39-26-17-19(15-16-25(26)40-31(38)20-9-4-3-5-10-20)18-34-36-30(37)29-27(21-11-6-7-14-24(21)33)22-12-8-13-23(32)28(22)35-29/h3-18,35H,2H2,1H3,(H,36,37). The number of rotatable bonds is 8. The highest BCUT2D eigenvalue weighted by atomic mass is 79.9. The molecule has 7 nitrogen and oxygen atoms in total. The third kappa shape index (κ3) is 5.78. The van der Waals surface area contributed by atoms with Crippen molar-refractivity contribution in [3.05, 3.63) is 117 Å². The summed E-state index contributed by atoms with van der Waals surface area (Å²) in [5, 5.41) is 5.53. The Morgan fingerprint density at radius 1 is 0.975 bits per heavy atom. The van der Waals surface area contributed by atoms with Crippen LogP contribution in [0.25, 0.3) is 22.0 Å². The van der Waals surface area contributed by atoms with Gasteiger partial charge in [0.1, 0.15) is 5.69 Å². The summed E-state index contributed by atoms with van der Waals surface area (Å²) in [6.07, 6.45) is 1.48. The molecule has 5 rings (SSSR count). The molecular weight excluding hydrogens is 594 g/mol. The van der Waals surface area contributed by atoms with Crippen LogP contribution in [0, 0.1) is 0 Å². The SMILES string of the molecule is CCOc1cc(C=NNC(=O)c2[nH]c3c(Br)cccc3c2-c2ccccc2Cl)ccc1OC(=O)c1ccccc1. The van der Waals surface area contributed by atoms with Crippen LogP contribution in [0.5, 0.6) is 11.5 Å². The lowest BCUT2D eigenvalue weighted by molar-refractivity contribution is 0.0728. The van der Waals surface area contributed by atoms with Crippen LogP contribution in [0.15, 0.2) is 101 Å². The maximum Gasteiger partial charge on any atom is 0.343 e. The number of hydrazone groups is 1. The average Bonchev–Trinajstić information content (AvgIpc) is 3.36. The molecule has 9 heteroatoms. The second-order valence-corrected chi connectivity index (χ2v) is 9.87. The average molecular weight is 617 g/mol. The first kappa shape index (κ1) is 27.2. The molecule has 4 aromatic carbocycles. The molecule has 0 bridgehead atoms. The number of hydrogen-bond donors (Lipinski definition) is 2. The predicted octanol–water partition coefficient (Wildman–Crippen LogP) is 7.63. The minimum atomic E-state index is -0.491. The van der Waals surface area contributed by atoms with Gasteiger partial charge in [-0.15, -0.1) is 0 Å². The van der Waals surface area contributed by atoms with E-state index in [1.807, 2.05) is 49.4 Å². The van der Waals surface area contributed by atoms with Crippen LogP contribution in [-0.4, -0.2) is 29.7 Å². The highest BCUT2D eigenvalue weighted by Gasteiger charge is 2.21. The highest BCUT2D eigenvalue weighted by molar-refractivity contribution is 9.10. The number of halogens is 2. The number of carbonyl (C=O) groups is 2. The van der Waals surface area contributed by atoms with E-state index in [-0.39, 0.29) is 5.75 Å². The maximum absolute atomic E-state index is 13.3. The quantitative estimate of drug-likeness (QED) is 0.0811. The molecule has 40 heavy (non-hydrogen) atoms. The Morgan fingerprint density at radius 2 is 1.75 bits per heavy atom. The second-order valence-electron chi connectivity index (χ2n) is 8.61. The van der Waals surface area contributed by atoms with Crippen LogP contribution in [0.2, 0.25) is 5.02 Å². The van der Waals surface area contributed by atoms with Crippen molar-refractivity contribution < 1.29 is 19.1 Å². The zero-order chi connectivity index (χ0) is 28.1. The van der Waals surface area contributed by atoms with Gasteiger partial charge in [-0.05, 0) is 70.9 Å². The van der Waals surface area contributed by atoms with Gasteiger partial charge in [0.05, 0.1) is 23.9 Å². The van der Waals surface area contributed by atoms with E-state index in [0.717, 1.165) is 20.9 Å². The molecule has 0 aliphatic heterocycles. The third-order valence-corrected chi connectivity index (χ3v) is 7.00. The summed E-state index contributed by atoms with van der Waals surface area (Å²) in [7, 11) is 0. The largest absolute Gasteiger partial charge is 0.490 e. The second kappa shape index (κ2) is 12.2. The fourth-order valence-corrected chi connectivity index (χ4v) is 4.90. The van der Waals surface area contributed by atoms with Gasteiger partial charge in [-0.25, -0.2) is 10.2 Å². The van der Waals surface area contributed by atoms with Crippen LogP contribution in [0.3, 0.4) is 0 Å². The predicted molar refractivity (Wildman–Crippen MR) is 161 cm³/mol. The van der Waals surface area contributed by atoms with E-state index in [2.05, 4.69) is 31.4 Å². The normalized spacial score (nSPS) is 11.1. The minimum Gasteiger partial charge on any atom is -0.490 e. The number of benzene rings is 4. The summed E-state index contributed by atoms with van der Waals surface area (Å²) in [6, 6.07) is 26.8. The van der Waals surface area contributed by atoms with E-state index in [1.54, 1.807) is 48.5 Å². The first-order valence-corrected chi connectivity index (χ1v) is 13.6. The van der Waals surface area contributed by atoms with E-state index in [0.29, 0.717) is 39.8 Å². The number of ether oxygens (including phenoxy) is 2. The molecule has 2 N–H and O–H groups in total. The summed E-state index contributed by atoms with van der Waals surface area (Å²) >= 11 is 10.1. The van der Waals surface area contributed by atoms with Crippen molar-refractivity contribution >= 4 is 56.5 Å². The van der Waals surface area contributed by atoms with E-state index < -0.39 is 11.9 Å². The molecule has 0 unspecified atom stereocenters. The van der Waals surface area contributed by atoms with Gasteiger partial charge >= 0.3 is 5.97 Å². The van der Waals surface area contributed by atoms with Crippen molar-refractivity contribution in [3.63, 3.8) is 0 Å². The van der Waals surface area contributed by atoms with Crippen molar-refractivity contribution in [1.29, 1.82) is 0 Å². The molecule has 0 spiro atoms. The number of aromatic amines is 1. The first-order chi connectivity index (χ1) is 19.5. The van der Waals surface area contributed by atoms with Gasteiger partial charge in [-0.1, -0.05) is 60.1 Å². The zero-order valence-electron chi connectivity index (χ0n) is 21.3. The van der Waals surface area contributed by atoms with Gasteiger partial charge in [0.15, 0.2) is 11.5 Å². The summed E-state index contributed by atoms with van der Waals surface area (Å²) in [6.45, 7) is 2.20. The Morgan fingerprint density at radius 3 is 2.52 bits per heavy atom. The van der Waals surface area contributed by atoms with Crippen molar-refractivity contribution in [1.82, 2.24) is 10.4 Å². The molecule has 0 fully saturated rings. The lowest BCUT2D eigenvalue weighted by Gasteiger charge is -2.11. The van der Waals surface area contributed by atoms with Crippen LogP contribution in [0.1, 0.15) is 33.3 Å². The van der Waals surface area contributed by atoms with Crippen LogP contribution in [-0.2, 0) is 0 Å². The van der Waals surface area contributed by atoms with Gasteiger partial charge in [-0.3, -0.25) is 4.79 Å². The Kier molecular flexibility index (Phi) is 8.28. The third-order valence-electron chi connectivity index (χ3n) is 6.01. The molecule has 5 aromatic rings. The van der Waals surface area contributed by atoms with Crippen LogP contribution < -0.4 is 14.9 Å². The van der Waals surface area contributed by atoms with E-state index >= 15 is 0 Å². The Hall–Kier alpha value is -4.40. The fraction of sp³-hybridized carbons (Fsp3) is 0.0645. The van der Waals surface area contributed by atoms with Gasteiger partial charge in [0.2, 0.25) is 0 Å². The number of para-hydroxylation sites is 1. The van der Waals surface area contributed by atoms with Crippen molar-refractivity contribution in [2.75, 3.05) is 6.61 Å². The molecule has 0 aliphatic rings. The number of fused-ring (bicyclic) bond motifs is 1. The maximum atomic E-state index is 13.3.